The molecule has 7 heteroatoms. The smallest absolute Gasteiger partial charge is 0.244 e. The Balaban J connectivity index is 2.53. The number of hydrogen-bond donors (Lipinski definition) is 3. The van der Waals surface area contributed by atoms with Gasteiger partial charge in [0.1, 0.15) is 0 Å². The highest BCUT2D eigenvalue weighted by molar-refractivity contribution is 7.80. The van der Waals surface area contributed by atoms with Crippen LogP contribution in [0.3, 0.4) is 0 Å². The van der Waals surface area contributed by atoms with Gasteiger partial charge in [-0.15, -0.1) is 0 Å². The Morgan fingerprint density at radius 3 is 2.53 bits per heavy atom. The molecule has 0 saturated carbocycles. The van der Waals surface area contributed by atoms with Crippen LogP contribution >= 0.6 is 12.2 Å². The Morgan fingerprint density at radius 2 is 2.00 bits per heavy atom. The molecule has 0 bridgehead atoms. The predicted molar refractivity (Wildman–Crippen MR) is 57.4 cm³/mol. The van der Waals surface area contributed by atoms with Crippen molar-refractivity contribution in [2.75, 3.05) is 13.2 Å². The standard InChI is InChI=1S/C8H11N3O3S/c12-3-1-2-9-4-5-6(13)10-8(15)11-7(5)14/h4-5,12H,1-3H2,(H2,10,11,13,14,15). The second kappa shape index (κ2) is 5.52. The highest BCUT2D eigenvalue weighted by Gasteiger charge is 2.30. The van der Waals surface area contributed by atoms with Crippen LogP contribution in [0.15, 0.2) is 4.99 Å². The molecule has 0 spiro atoms. The number of amides is 2. The lowest BCUT2D eigenvalue weighted by Gasteiger charge is -2.19. The highest BCUT2D eigenvalue weighted by atomic mass is 32.1. The molecule has 82 valence electrons. The van der Waals surface area contributed by atoms with Gasteiger partial charge in [0, 0.05) is 19.4 Å². The molecule has 6 nitrogen and oxygen atoms in total. The summed E-state index contributed by atoms with van der Waals surface area (Å²) in [5, 5.41) is 13.2. The zero-order chi connectivity index (χ0) is 11.3. The average molecular weight is 229 g/mol. The first-order valence-corrected chi connectivity index (χ1v) is 4.82. The summed E-state index contributed by atoms with van der Waals surface area (Å²) in [7, 11) is 0. The van der Waals surface area contributed by atoms with Gasteiger partial charge >= 0.3 is 0 Å². The average Bonchev–Trinajstić information content (AvgIpc) is 2.15. The number of carbonyl (C=O) groups is 2. The first-order valence-electron chi connectivity index (χ1n) is 4.41. The molecule has 3 N–H and O–H groups in total. The normalized spacial score (nSPS) is 18.1. The van der Waals surface area contributed by atoms with Gasteiger partial charge in [-0.2, -0.15) is 0 Å². The molecule has 15 heavy (non-hydrogen) atoms. The van der Waals surface area contributed by atoms with Crippen LogP contribution in [0.2, 0.25) is 0 Å². The summed E-state index contributed by atoms with van der Waals surface area (Å²) in [5.74, 6) is -1.89. The molecule has 0 radical (unpaired) electrons. The third kappa shape index (κ3) is 3.37. The SMILES string of the molecule is O=C1NC(=S)NC(=O)C1C=NCCCO. The minimum absolute atomic E-state index is 0.0185. The van der Waals surface area contributed by atoms with Crippen LogP contribution in [-0.4, -0.2) is 41.4 Å². The van der Waals surface area contributed by atoms with Crippen LogP contribution in [0.5, 0.6) is 0 Å². The highest BCUT2D eigenvalue weighted by Crippen LogP contribution is 1.99. The molecule has 0 aromatic carbocycles. The zero-order valence-electron chi connectivity index (χ0n) is 7.90. The summed E-state index contributed by atoms with van der Waals surface area (Å²) in [6.45, 7) is 0.419. The summed E-state index contributed by atoms with van der Waals surface area (Å²) >= 11 is 4.63. The fourth-order valence-electron chi connectivity index (χ4n) is 1.01. The number of aliphatic hydroxyl groups excluding tert-OH is 1. The van der Waals surface area contributed by atoms with Gasteiger partial charge in [-0.05, 0) is 18.6 Å². The Kier molecular flexibility index (Phi) is 4.32. The number of hydrogen-bond acceptors (Lipinski definition) is 5. The lowest BCUT2D eigenvalue weighted by Crippen LogP contribution is -2.56. The number of aliphatic imine (C=N–C) groups is 1. The van der Waals surface area contributed by atoms with Crippen LogP contribution in [0.4, 0.5) is 0 Å². The van der Waals surface area contributed by atoms with E-state index < -0.39 is 17.7 Å². The summed E-state index contributed by atoms with van der Waals surface area (Å²) in [5.41, 5.74) is 0. The van der Waals surface area contributed by atoms with Gasteiger partial charge in [0.15, 0.2) is 11.0 Å². The van der Waals surface area contributed by atoms with Crippen LogP contribution in [0, 0.1) is 5.92 Å². The Bertz CT molecular complexity index is 296. The minimum atomic E-state index is -0.935. The Hall–Kier alpha value is -1.34. The molecule has 0 unspecified atom stereocenters. The van der Waals surface area contributed by atoms with Crippen molar-refractivity contribution in [3.8, 4) is 0 Å². The van der Waals surface area contributed by atoms with Crippen molar-refractivity contribution >= 4 is 35.4 Å². The van der Waals surface area contributed by atoms with Gasteiger partial charge in [-0.3, -0.25) is 14.6 Å². The first-order chi connectivity index (χ1) is 7.15. The van der Waals surface area contributed by atoms with Crippen molar-refractivity contribution in [2.45, 2.75) is 6.42 Å². The second-order valence-electron chi connectivity index (χ2n) is 2.92. The molecule has 1 heterocycles. The van der Waals surface area contributed by atoms with E-state index in [4.69, 9.17) is 5.11 Å². The largest absolute Gasteiger partial charge is 0.396 e. The zero-order valence-corrected chi connectivity index (χ0v) is 8.71. The quantitative estimate of drug-likeness (QED) is 0.239. The van der Waals surface area contributed by atoms with E-state index in [0.29, 0.717) is 13.0 Å². The molecule has 1 aliphatic heterocycles. The van der Waals surface area contributed by atoms with Gasteiger partial charge in [0.2, 0.25) is 11.8 Å². The molecule has 1 aliphatic rings. The summed E-state index contributed by atoms with van der Waals surface area (Å²) in [6.07, 6.45) is 1.77. The molecule has 1 saturated heterocycles. The van der Waals surface area contributed by atoms with E-state index in [9.17, 15) is 9.59 Å². The number of thiocarbonyl (C=S) groups is 1. The number of nitrogens with zero attached hydrogens (tertiary/aromatic N) is 1. The molecule has 0 aromatic rings. The molecular weight excluding hydrogens is 218 g/mol. The van der Waals surface area contributed by atoms with Gasteiger partial charge in [-0.25, -0.2) is 0 Å². The van der Waals surface area contributed by atoms with Crippen molar-refractivity contribution in [3.63, 3.8) is 0 Å². The van der Waals surface area contributed by atoms with Crippen LogP contribution in [0.1, 0.15) is 6.42 Å². The van der Waals surface area contributed by atoms with E-state index in [1.54, 1.807) is 0 Å². The molecule has 0 atom stereocenters. The Labute approximate surface area is 91.8 Å². The lowest BCUT2D eigenvalue weighted by molar-refractivity contribution is -0.131. The summed E-state index contributed by atoms with van der Waals surface area (Å²) < 4.78 is 0. The number of carbonyl (C=O) groups excluding carboxylic acids is 2. The fourth-order valence-corrected chi connectivity index (χ4v) is 1.21. The van der Waals surface area contributed by atoms with Crippen molar-refractivity contribution in [1.82, 2.24) is 10.6 Å². The van der Waals surface area contributed by atoms with Crippen molar-refractivity contribution < 1.29 is 14.7 Å². The lowest BCUT2D eigenvalue weighted by atomic mass is 10.1. The van der Waals surface area contributed by atoms with E-state index in [-0.39, 0.29) is 11.7 Å². The van der Waals surface area contributed by atoms with Crippen LogP contribution < -0.4 is 10.6 Å². The van der Waals surface area contributed by atoms with Gasteiger partial charge < -0.3 is 15.7 Å². The molecular formula is C8H11N3O3S. The third-order valence-electron chi connectivity index (χ3n) is 1.74. The maximum absolute atomic E-state index is 11.3. The van der Waals surface area contributed by atoms with Crippen molar-refractivity contribution in [1.29, 1.82) is 0 Å². The summed E-state index contributed by atoms with van der Waals surface area (Å²) in [6, 6.07) is 0. The van der Waals surface area contributed by atoms with E-state index in [1.165, 1.54) is 6.21 Å². The van der Waals surface area contributed by atoms with E-state index in [1.807, 2.05) is 0 Å². The molecule has 0 aromatic heterocycles. The maximum Gasteiger partial charge on any atom is 0.244 e. The third-order valence-corrected chi connectivity index (χ3v) is 1.94. The van der Waals surface area contributed by atoms with Crippen molar-refractivity contribution in [2.24, 2.45) is 10.9 Å². The first kappa shape index (κ1) is 11.7. The predicted octanol–water partition coefficient (Wildman–Crippen LogP) is -1.41. The second-order valence-corrected chi connectivity index (χ2v) is 3.33. The molecule has 1 rings (SSSR count). The number of rotatable bonds is 4. The Morgan fingerprint density at radius 1 is 1.40 bits per heavy atom. The fraction of sp³-hybridized carbons (Fsp3) is 0.500. The molecule has 0 aliphatic carbocycles. The topological polar surface area (TPSA) is 90.8 Å². The van der Waals surface area contributed by atoms with Crippen LogP contribution in [-0.2, 0) is 9.59 Å². The van der Waals surface area contributed by atoms with Crippen molar-refractivity contribution in [3.05, 3.63) is 0 Å². The van der Waals surface area contributed by atoms with Crippen LogP contribution in [0.25, 0.3) is 0 Å². The van der Waals surface area contributed by atoms with Gasteiger partial charge in [-0.1, -0.05) is 0 Å². The maximum atomic E-state index is 11.3. The monoisotopic (exact) mass is 229 g/mol. The number of nitrogens with one attached hydrogen (secondary N) is 2. The number of aliphatic hydroxyl groups is 1. The van der Waals surface area contributed by atoms with E-state index in [2.05, 4.69) is 27.8 Å². The minimum Gasteiger partial charge on any atom is -0.396 e. The molecule has 2 amide bonds. The van der Waals surface area contributed by atoms with E-state index in [0.717, 1.165) is 0 Å². The summed E-state index contributed by atoms with van der Waals surface area (Å²) in [4.78, 5) is 26.4. The van der Waals surface area contributed by atoms with E-state index >= 15 is 0 Å². The van der Waals surface area contributed by atoms with Gasteiger partial charge in [0.25, 0.3) is 0 Å². The van der Waals surface area contributed by atoms with Gasteiger partial charge in [0.05, 0.1) is 0 Å². The molecule has 1 fully saturated rings.